The highest BCUT2D eigenvalue weighted by molar-refractivity contribution is 5.84. The van der Waals surface area contributed by atoms with Gasteiger partial charge in [0.2, 0.25) is 0 Å². The third kappa shape index (κ3) is 3.11. The number of rotatable bonds is 4. The van der Waals surface area contributed by atoms with Crippen molar-refractivity contribution in [3.05, 3.63) is 42.0 Å². The minimum Gasteiger partial charge on any atom is -0.508 e. The summed E-state index contributed by atoms with van der Waals surface area (Å²) in [6.07, 6.45) is 1.18. The molecule has 0 saturated carbocycles. The van der Waals surface area contributed by atoms with Crippen molar-refractivity contribution >= 4 is 10.8 Å². The zero-order valence-electron chi connectivity index (χ0n) is 13.5. The Balaban J connectivity index is 1.97. The number of phenols is 1. The number of hydrogen-bond donors (Lipinski definition) is 2. The zero-order chi connectivity index (χ0) is 15.5. The van der Waals surface area contributed by atoms with Gasteiger partial charge in [-0.1, -0.05) is 38.5 Å². The molecule has 1 saturated heterocycles. The lowest BCUT2D eigenvalue weighted by Gasteiger charge is -2.38. The first kappa shape index (κ1) is 15.3. The molecule has 0 spiro atoms. The van der Waals surface area contributed by atoms with E-state index in [1.807, 2.05) is 12.1 Å². The van der Waals surface area contributed by atoms with Crippen molar-refractivity contribution in [3.63, 3.8) is 0 Å². The van der Waals surface area contributed by atoms with E-state index in [0.717, 1.165) is 31.6 Å². The van der Waals surface area contributed by atoms with Gasteiger partial charge in [0.15, 0.2) is 0 Å². The molecule has 1 aliphatic heterocycles. The number of nitrogens with zero attached hydrogens (tertiary/aromatic N) is 1. The molecule has 22 heavy (non-hydrogen) atoms. The van der Waals surface area contributed by atoms with E-state index in [1.165, 1.54) is 17.4 Å². The maximum atomic E-state index is 9.62. The maximum absolute atomic E-state index is 9.62. The number of benzene rings is 2. The van der Waals surface area contributed by atoms with Crippen LogP contribution in [0.5, 0.6) is 5.75 Å². The van der Waals surface area contributed by atoms with Gasteiger partial charge in [0, 0.05) is 32.2 Å². The molecule has 2 atom stereocenters. The van der Waals surface area contributed by atoms with Gasteiger partial charge in [-0.05, 0) is 40.5 Å². The Kier molecular flexibility index (Phi) is 4.65. The van der Waals surface area contributed by atoms with Crippen LogP contribution in [0.4, 0.5) is 0 Å². The second-order valence-electron chi connectivity index (χ2n) is 6.41. The molecule has 3 heteroatoms. The zero-order valence-corrected chi connectivity index (χ0v) is 13.5. The number of nitrogens with one attached hydrogen (secondary N) is 1. The normalized spacial score (nSPS) is 19.2. The fraction of sp³-hybridized carbons (Fsp3) is 0.474. The number of piperazine rings is 1. The van der Waals surface area contributed by atoms with E-state index in [-0.39, 0.29) is 0 Å². The van der Waals surface area contributed by atoms with Crippen LogP contribution >= 0.6 is 0 Å². The van der Waals surface area contributed by atoms with E-state index in [1.54, 1.807) is 6.07 Å². The molecule has 118 valence electrons. The van der Waals surface area contributed by atoms with Crippen LogP contribution in [0.25, 0.3) is 10.8 Å². The van der Waals surface area contributed by atoms with Crippen LogP contribution in [-0.2, 0) is 0 Å². The summed E-state index contributed by atoms with van der Waals surface area (Å²) in [4.78, 5) is 2.62. The number of aromatic hydroxyl groups is 1. The molecule has 3 rings (SSSR count). The summed E-state index contributed by atoms with van der Waals surface area (Å²) in [5.74, 6) is 0.966. The summed E-state index contributed by atoms with van der Waals surface area (Å²) < 4.78 is 0. The molecule has 2 aromatic rings. The summed E-state index contributed by atoms with van der Waals surface area (Å²) in [6, 6.07) is 12.8. The quantitative estimate of drug-likeness (QED) is 0.906. The fourth-order valence-corrected chi connectivity index (χ4v) is 3.52. The van der Waals surface area contributed by atoms with E-state index in [0.29, 0.717) is 17.7 Å². The molecule has 3 nitrogen and oxygen atoms in total. The Bertz CT molecular complexity index is 634. The van der Waals surface area contributed by atoms with Crippen LogP contribution in [0, 0.1) is 5.92 Å². The first-order chi connectivity index (χ1) is 10.7. The lowest BCUT2D eigenvalue weighted by molar-refractivity contribution is 0.128. The molecule has 0 aromatic heterocycles. The lowest BCUT2D eigenvalue weighted by Crippen LogP contribution is -2.46. The van der Waals surface area contributed by atoms with Crippen molar-refractivity contribution in [1.29, 1.82) is 0 Å². The van der Waals surface area contributed by atoms with Crippen LogP contribution in [0.3, 0.4) is 0 Å². The molecule has 1 aliphatic rings. The number of phenolic OH excluding ortho intramolecular Hbond substituents is 1. The van der Waals surface area contributed by atoms with Gasteiger partial charge in [0.05, 0.1) is 0 Å². The van der Waals surface area contributed by atoms with Gasteiger partial charge in [0.25, 0.3) is 0 Å². The molecule has 0 amide bonds. The van der Waals surface area contributed by atoms with Gasteiger partial charge in [-0.25, -0.2) is 0 Å². The highest BCUT2D eigenvalue weighted by atomic mass is 16.3. The molecule has 2 N–H and O–H groups in total. The van der Waals surface area contributed by atoms with E-state index in [9.17, 15) is 5.11 Å². The molecule has 0 radical (unpaired) electrons. The molecule has 1 fully saturated rings. The van der Waals surface area contributed by atoms with E-state index >= 15 is 0 Å². The molecule has 0 aliphatic carbocycles. The Morgan fingerprint density at radius 1 is 1.09 bits per heavy atom. The Hall–Kier alpha value is -1.58. The average Bonchev–Trinajstić information content (AvgIpc) is 2.56. The summed E-state index contributed by atoms with van der Waals surface area (Å²) in [5, 5.41) is 15.4. The lowest BCUT2D eigenvalue weighted by atomic mass is 9.89. The minimum absolute atomic E-state index is 0.334. The number of hydrogen-bond acceptors (Lipinski definition) is 3. The predicted octanol–water partition coefficient (Wildman–Crippen LogP) is 3.54. The first-order valence-corrected chi connectivity index (χ1v) is 8.36. The van der Waals surface area contributed by atoms with E-state index < -0.39 is 0 Å². The Labute approximate surface area is 132 Å². The maximum Gasteiger partial charge on any atom is 0.116 e. The molecule has 2 aromatic carbocycles. The minimum atomic E-state index is 0.334. The summed E-state index contributed by atoms with van der Waals surface area (Å²) in [7, 11) is 0. The van der Waals surface area contributed by atoms with Crippen molar-refractivity contribution in [1.82, 2.24) is 10.2 Å². The summed E-state index contributed by atoms with van der Waals surface area (Å²) in [6.45, 7) is 9.01. The second kappa shape index (κ2) is 6.67. The van der Waals surface area contributed by atoms with Crippen LogP contribution in [0.1, 0.15) is 31.9 Å². The number of fused-ring (bicyclic) bond motifs is 1. The molecular formula is C19H26N2O. The smallest absolute Gasteiger partial charge is 0.116 e. The summed E-state index contributed by atoms with van der Waals surface area (Å²) in [5.41, 5.74) is 1.40. The van der Waals surface area contributed by atoms with Crippen LogP contribution in [0.2, 0.25) is 0 Å². The van der Waals surface area contributed by atoms with Crippen LogP contribution in [-0.4, -0.2) is 36.2 Å². The first-order valence-electron chi connectivity index (χ1n) is 8.36. The van der Waals surface area contributed by atoms with Gasteiger partial charge < -0.3 is 10.4 Å². The predicted molar refractivity (Wildman–Crippen MR) is 92.3 cm³/mol. The van der Waals surface area contributed by atoms with Crippen molar-refractivity contribution in [3.8, 4) is 5.75 Å². The van der Waals surface area contributed by atoms with Crippen molar-refractivity contribution in [2.24, 2.45) is 5.92 Å². The Morgan fingerprint density at radius 3 is 2.50 bits per heavy atom. The van der Waals surface area contributed by atoms with Gasteiger partial charge in [-0.2, -0.15) is 0 Å². The van der Waals surface area contributed by atoms with E-state index in [4.69, 9.17) is 0 Å². The van der Waals surface area contributed by atoms with Gasteiger partial charge >= 0.3 is 0 Å². The average molecular weight is 298 g/mol. The fourth-order valence-electron chi connectivity index (χ4n) is 3.52. The van der Waals surface area contributed by atoms with Gasteiger partial charge in [-0.15, -0.1) is 0 Å². The largest absolute Gasteiger partial charge is 0.508 e. The third-order valence-electron chi connectivity index (χ3n) is 4.92. The second-order valence-corrected chi connectivity index (χ2v) is 6.41. The third-order valence-corrected chi connectivity index (χ3v) is 4.92. The van der Waals surface area contributed by atoms with Crippen molar-refractivity contribution < 1.29 is 5.11 Å². The van der Waals surface area contributed by atoms with Crippen molar-refractivity contribution in [2.75, 3.05) is 26.2 Å². The molecule has 1 heterocycles. The monoisotopic (exact) mass is 298 g/mol. The molecule has 1 unspecified atom stereocenters. The SMILES string of the molecule is CCC(C)[C@H](c1ccc2cc(O)ccc2c1)N1CCNCC1. The topological polar surface area (TPSA) is 35.5 Å². The van der Waals surface area contributed by atoms with Crippen LogP contribution in [0.15, 0.2) is 36.4 Å². The molecular weight excluding hydrogens is 272 g/mol. The van der Waals surface area contributed by atoms with E-state index in [2.05, 4.69) is 42.3 Å². The van der Waals surface area contributed by atoms with Gasteiger partial charge in [-0.3, -0.25) is 4.90 Å². The highest BCUT2D eigenvalue weighted by Crippen LogP contribution is 2.33. The highest BCUT2D eigenvalue weighted by Gasteiger charge is 2.26. The Morgan fingerprint density at radius 2 is 1.77 bits per heavy atom. The standard InChI is InChI=1S/C19H26N2O/c1-3-14(2)19(21-10-8-20-9-11-21)17-5-4-16-13-18(22)7-6-15(16)12-17/h4-7,12-14,19-20,22H,3,8-11H2,1-2H3/t14?,19-/m1/s1. The molecule has 0 bridgehead atoms. The van der Waals surface area contributed by atoms with Crippen LogP contribution < -0.4 is 5.32 Å². The van der Waals surface area contributed by atoms with Crippen molar-refractivity contribution in [2.45, 2.75) is 26.3 Å². The van der Waals surface area contributed by atoms with Gasteiger partial charge in [0.1, 0.15) is 5.75 Å². The summed E-state index contributed by atoms with van der Waals surface area (Å²) >= 11 is 0.